The van der Waals surface area contributed by atoms with Gasteiger partial charge in [-0.15, -0.1) is 0 Å². The Kier molecular flexibility index (Phi) is 65.5. The second-order valence-electron chi connectivity index (χ2n) is 28.0. The molecule has 19 heteroatoms. The Bertz CT molecular complexity index is 1820. The molecule has 94 heavy (non-hydrogen) atoms. The minimum atomic E-state index is -4.96. The Labute approximate surface area is 575 Å². The van der Waals surface area contributed by atoms with Crippen LogP contribution in [0.4, 0.5) is 0 Å². The van der Waals surface area contributed by atoms with Crippen LogP contribution in [-0.4, -0.2) is 96.7 Å². The third-order valence-corrected chi connectivity index (χ3v) is 19.4. The van der Waals surface area contributed by atoms with E-state index < -0.39 is 97.5 Å². The molecule has 2 unspecified atom stereocenters. The van der Waals surface area contributed by atoms with Gasteiger partial charge in [-0.1, -0.05) is 337 Å². The highest BCUT2D eigenvalue weighted by atomic mass is 31.2. The van der Waals surface area contributed by atoms with E-state index in [0.29, 0.717) is 31.6 Å². The van der Waals surface area contributed by atoms with E-state index in [-0.39, 0.29) is 25.7 Å². The molecule has 0 aromatic rings. The van der Waals surface area contributed by atoms with Gasteiger partial charge in [0.2, 0.25) is 0 Å². The number of esters is 4. The standard InChI is InChI=1S/C75H146O17P2/c1-7-9-11-13-15-17-19-21-22-23-24-25-26-30-35-41-48-54-60-75(80)91-70(63-85-72(77)57-51-45-39-33-31-27-28-32-37-43-49-55-67(3)4)65-89-93(81,82)87-61-69(76)62-88-94(83,84)90-66-71(64-86-73(78)58-52-46-42-36-38-44-50-56-68(5)6)92-74(79)59-53-47-40-34-29-20-18-16-14-12-10-8-2/h67-71,76H,7-66H2,1-6H3,(H,81,82)(H,83,84)/t69-,70-,71-/m1/s1. The van der Waals surface area contributed by atoms with Crippen molar-refractivity contribution in [2.24, 2.45) is 11.8 Å². The van der Waals surface area contributed by atoms with Crippen LogP contribution in [0.25, 0.3) is 0 Å². The predicted octanol–water partition coefficient (Wildman–Crippen LogP) is 21.9. The van der Waals surface area contributed by atoms with E-state index in [1.165, 1.54) is 199 Å². The van der Waals surface area contributed by atoms with Crippen LogP contribution in [0.2, 0.25) is 0 Å². The molecular weight excluding hydrogens is 1230 g/mol. The summed E-state index contributed by atoms with van der Waals surface area (Å²) in [6, 6.07) is 0. The highest BCUT2D eigenvalue weighted by molar-refractivity contribution is 7.47. The van der Waals surface area contributed by atoms with E-state index >= 15 is 0 Å². The van der Waals surface area contributed by atoms with Crippen LogP contribution in [0.1, 0.15) is 388 Å². The lowest BCUT2D eigenvalue weighted by Gasteiger charge is -2.21. The van der Waals surface area contributed by atoms with Gasteiger partial charge in [-0.25, -0.2) is 9.13 Å². The number of rotatable bonds is 74. The van der Waals surface area contributed by atoms with Crippen LogP contribution < -0.4 is 0 Å². The van der Waals surface area contributed by atoms with Gasteiger partial charge in [-0.05, 0) is 37.5 Å². The molecule has 0 amide bonds. The first-order valence-electron chi connectivity index (χ1n) is 39.0. The molecule has 5 atom stereocenters. The number of ether oxygens (including phenoxy) is 4. The van der Waals surface area contributed by atoms with Gasteiger partial charge < -0.3 is 33.8 Å². The number of carbonyl (C=O) groups excluding carboxylic acids is 4. The van der Waals surface area contributed by atoms with Gasteiger partial charge in [0.05, 0.1) is 26.4 Å². The summed E-state index contributed by atoms with van der Waals surface area (Å²) >= 11 is 0. The third-order valence-electron chi connectivity index (χ3n) is 17.5. The topological polar surface area (TPSA) is 237 Å². The van der Waals surface area contributed by atoms with Crippen molar-refractivity contribution < 1.29 is 80.2 Å². The van der Waals surface area contributed by atoms with E-state index in [4.69, 9.17) is 37.0 Å². The molecule has 0 rings (SSSR count). The van der Waals surface area contributed by atoms with Crippen molar-refractivity contribution in [1.29, 1.82) is 0 Å². The van der Waals surface area contributed by atoms with Gasteiger partial charge in [0, 0.05) is 25.7 Å². The van der Waals surface area contributed by atoms with Crippen molar-refractivity contribution in [2.75, 3.05) is 39.6 Å². The third kappa shape index (κ3) is 68.6. The van der Waals surface area contributed by atoms with Gasteiger partial charge in [0.25, 0.3) is 0 Å². The van der Waals surface area contributed by atoms with E-state index in [1.54, 1.807) is 0 Å². The molecular formula is C75H146O17P2. The van der Waals surface area contributed by atoms with Crippen LogP contribution >= 0.6 is 15.6 Å². The van der Waals surface area contributed by atoms with Gasteiger partial charge in [-0.3, -0.25) is 37.3 Å². The Hall–Kier alpha value is -1.94. The predicted molar refractivity (Wildman–Crippen MR) is 381 cm³/mol. The van der Waals surface area contributed by atoms with Gasteiger partial charge in [0.1, 0.15) is 19.3 Å². The van der Waals surface area contributed by atoms with Crippen molar-refractivity contribution in [1.82, 2.24) is 0 Å². The molecule has 0 aromatic heterocycles. The van der Waals surface area contributed by atoms with Crippen LogP contribution in [0.15, 0.2) is 0 Å². The minimum absolute atomic E-state index is 0.107. The average Bonchev–Trinajstić information content (AvgIpc) is 2.29. The second kappa shape index (κ2) is 66.9. The number of unbranched alkanes of at least 4 members (excludes halogenated alkanes) is 44. The smallest absolute Gasteiger partial charge is 0.462 e. The molecule has 3 N–H and O–H groups in total. The van der Waals surface area contributed by atoms with E-state index in [1.807, 2.05) is 0 Å². The Morgan fingerprint density at radius 2 is 0.489 bits per heavy atom. The Balaban J connectivity index is 5.24. The van der Waals surface area contributed by atoms with Crippen molar-refractivity contribution >= 4 is 39.5 Å². The van der Waals surface area contributed by atoms with E-state index in [0.717, 1.165) is 102 Å². The number of phosphoric acid groups is 2. The second-order valence-corrected chi connectivity index (χ2v) is 30.9. The van der Waals surface area contributed by atoms with E-state index in [2.05, 4.69) is 41.5 Å². The molecule has 0 aromatic carbocycles. The molecule has 0 saturated carbocycles. The van der Waals surface area contributed by atoms with Gasteiger partial charge >= 0.3 is 39.5 Å². The van der Waals surface area contributed by atoms with E-state index in [9.17, 15) is 43.2 Å². The first-order chi connectivity index (χ1) is 45.4. The fourth-order valence-electron chi connectivity index (χ4n) is 11.5. The molecule has 558 valence electrons. The molecule has 0 aliphatic carbocycles. The number of hydrogen-bond donors (Lipinski definition) is 3. The number of aliphatic hydroxyl groups is 1. The maximum atomic E-state index is 13.1. The average molecular weight is 1380 g/mol. The highest BCUT2D eigenvalue weighted by Crippen LogP contribution is 2.45. The zero-order chi connectivity index (χ0) is 69.3. The number of phosphoric ester groups is 2. The summed E-state index contributed by atoms with van der Waals surface area (Å²) in [5.74, 6) is -0.640. The fraction of sp³-hybridized carbons (Fsp3) is 0.947. The lowest BCUT2D eigenvalue weighted by Crippen LogP contribution is -2.30. The summed E-state index contributed by atoms with van der Waals surface area (Å²) < 4.78 is 68.5. The molecule has 17 nitrogen and oxygen atoms in total. The summed E-state index contributed by atoms with van der Waals surface area (Å²) in [5, 5.41) is 10.6. The first kappa shape index (κ1) is 92.1. The minimum Gasteiger partial charge on any atom is -0.462 e. The van der Waals surface area contributed by atoms with Gasteiger partial charge in [-0.2, -0.15) is 0 Å². The number of carbonyl (C=O) groups is 4. The van der Waals surface area contributed by atoms with Crippen LogP contribution in [0.5, 0.6) is 0 Å². The number of hydrogen-bond acceptors (Lipinski definition) is 15. The largest absolute Gasteiger partial charge is 0.472 e. The zero-order valence-electron chi connectivity index (χ0n) is 61.3. The fourth-order valence-corrected chi connectivity index (χ4v) is 13.1. The molecule has 0 saturated heterocycles. The molecule has 0 radical (unpaired) electrons. The first-order valence-corrected chi connectivity index (χ1v) is 42.0. The monoisotopic (exact) mass is 1380 g/mol. The Morgan fingerprint density at radius 1 is 0.287 bits per heavy atom. The molecule has 0 spiro atoms. The van der Waals surface area contributed by atoms with Crippen LogP contribution in [-0.2, 0) is 65.4 Å². The maximum Gasteiger partial charge on any atom is 0.472 e. The number of aliphatic hydroxyl groups excluding tert-OH is 1. The summed E-state index contributed by atoms with van der Waals surface area (Å²) in [5.41, 5.74) is 0. The van der Waals surface area contributed by atoms with Crippen molar-refractivity contribution in [2.45, 2.75) is 407 Å². The summed E-state index contributed by atoms with van der Waals surface area (Å²) in [4.78, 5) is 72.7. The quantitative estimate of drug-likeness (QED) is 0.0222. The van der Waals surface area contributed by atoms with Crippen LogP contribution in [0, 0.1) is 11.8 Å². The highest BCUT2D eigenvalue weighted by Gasteiger charge is 2.30. The molecule has 0 aliphatic rings. The molecule has 0 heterocycles. The summed E-state index contributed by atoms with van der Waals surface area (Å²) in [7, 11) is -9.91. The van der Waals surface area contributed by atoms with Crippen molar-refractivity contribution in [3.63, 3.8) is 0 Å². The Morgan fingerprint density at radius 3 is 0.723 bits per heavy atom. The van der Waals surface area contributed by atoms with Crippen LogP contribution in [0.3, 0.4) is 0 Å². The van der Waals surface area contributed by atoms with Crippen molar-refractivity contribution in [3.05, 3.63) is 0 Å². The van der Waals surface area contributed by atoms with Gasteiger partial charge in [0.15, 0.2) is 12.2 Å². The molecule has 0 fully saturated rings. The molecule has 0 bridgehead atoms. The van der Waals surface area contributed by atoms with Crippen molar-refractivity contribution in [3.8, 4) is 0 Å². The maximum absolute atomic E-state index is 13.1. The normalized spacial score (nSPS) is 14.0. The lowest BCUT2D eigenvalue weighted by molar-refractivity contribution is -0.161. The SMILES string of the molecule is CCCCCCCCCCCCCCCCCCCCC(=O)O[C@H](COC(=O)CCCCCCCCCCCCCC(C)C)COP(=O)(O)OC[C@@H](O)COP(=O)(O)OC[C@@H](COC(=O)CCCCCCCCCC(C)C)OC(=O)CCCCCCCCCCCCCC. The molecule has 0 aliphatic heterocycles. The summed E-state index contributed by atoms with van der Waals surface area (Å²) in [6.07, 6.45) is 54.1. The summed E-state index contributed by atoms with van der Waals surface area (Å²) in [6.45, 7) is 9.54. The lowest BCUT2D eigenvalue weighted by atomic mass is 10.0. The zero-order valence-corrected chi connectivity index (χ0v) is 63.1.